The van der Waals surface area contributed by atoms with Crippen LogP contribution in [0, 0.1) is 11.8 Å². The summed E-state index contributed by atoms with van der Waals surface area (Å²) in [5.74, 6) is 1.76. The van der Waals surface area contributed by atoms with E-state index < -0.39 is 0 Å². The molecule has 0 amide bonds. The van der Waals surface area contributed by atoms with Gasteiger partial charge in [-0.3, -0.25) is 4.90 Å². The molecule has 0 aromatic rings. The van der Waals surface area contributed by atoms with Crippen molar-refractivity contribution in [1.82, 2.24) is 10.2 Å². The Hall–Kier alpha value is -0.120. The molecule has 2 atom stereocenters. The first-order valence-corrected chi connectivity index (χ1v) is 8.33. The van der Waals surface area contributed by atoms with Gasteiger partial charge in [0.2, 0.25) is 0 Å². The number of nitrogens with one attached hydrogen (secondary N) is 1. The van der Waals surface area contributed by atoms with Crippen molar-refractivity contribution in [2.45, 2.75) is 57.5 Å². The van der Waals surface area contributed by atoms with Crippen molar-refractivity contribution in [1.29, 1.82) is 0 Å². The molecule has 3 nitrogen and oxygen atoms in total. The maximum Gasteiger partial charge on any atom is 0.0507 e. The van der Waals surface area contributed by atoms with Crippen LogP contribution in [0.5, 0.6) is 0 Å². The average Bonchev–Trinajstić information content (AvgIpc) is 3.16. The number of ether oxygens (including phenoxy) is 1. The fourth-order valence-corrected chi connectivity index (χ4v) is 3.94. The van der Waals surface area contributed by atoms with Gasteiger partial charge in [0, 0.05) is 37.8 Å². The number of nitrogens with zero attached hydrogens (tertiary/aromatic N) is 1. The zero-order valence-corrected chi connectivity index (χ0v) is 12.7. The zero-order valence-electron chi connectivity index (χ0n) is 12.7. The van der Waals surface area contributed by atoms with Crippen LogP contribution < -0.4 is 5.32 Å². The van der Waals surface area contributed by atoms with E-state index in [0.29, 0.717) is 5.54 Å². The van der Waals surface area contributed by atoms with Gasteiger partial charge in [-0.1, -0.05) is 13.8 Å². The van der Waals surface area contributed by atoms with Crippen LogP contribution in [0.3, 0.4) is 0 Å². The van der Waals surface area contributed by atoms with Gasteiger partial charge in [0.05, 0.1) is 6.61 Å². The number of hydrogen-bond donors (Lipinski definition) is 1. The Morgan fingerprint density at radius 3 is 2.58 bits per heavy atom. The lowest BCUT2D eigenvalue weighted by Gasteiger charge is -2.48. The monoisotopic (exact) mass is 266 g/mol. The molecule has 0 radical (unpaired) electrons. The van der Waals surface area contributed by atoms with Crippen LogP contribution in [-0.4, -0.2) is 49.3 Å². The van der Waals surface area contributed by atoms with Crippen LogP contribution in [0.25, 0.3) is 0 Å². The molecule has 0 aromatic carbocycles. The van der Waals surface area contributed by atoms with Crippen LogP contribution in [0.15, 0.2) is 0 Å². The topological polar surface area (TPSA) is 24.5 Å². The van der Waals surface area contributed by atoms with Crippen molar-refractivity contribution in [3.05, 3.63) is 0 Å². The molecular formula is C16H30N2O. The lowest BCUT2D eigenvalue weighted by atomic mass is 9.87. The van der Waals surface area contributed by atoms with E-state index >= 15 is 0 Å². The second kappa shape index (κ2) is 5.71. The van der Waals surface area contributed by atoms with Gasteiger partial charge in [0.15, 0.2) is 0 Å². The molecule has 2 saturated heterocycles. The average molecular weight is 266 g/mol. The Morgan fingerprint density at radius 2 is 2.00 bits per heavy atom. The van der Waals surface area contributed by atoms with Crippen molar-refractivity contribution in [2.24, 2.45) is 11.8 Å². The Balaban J connectivity index is 1.66. The summed E-state index contributed by atoms with van der Waals surface area (Å²) in [6.07, 6.45) is 6.67. The summed E-state index contributed by atoms with van der Waals surface area (Å²) in [6.45, 7) is 10.4. The predicted octanol–water partition coefficient (Wildman–Crippen LogP) is 2.27. The van der Waals surface area contributed by atoms with Gasteiger partial charge in [-0.25, -0.2) is 0 Å². The lowest BCUT2D eigenvalue weighted by Crippen LogP contribution is -2.65. The van der Waals surface area contributed by atoms with E-state index in [1.807, 2.05) is 0 Å². The van der Waals surface area contributed by atoms with Crippen molar-refractivity contribution >= 4 is 0 Å². The summed E-state index contributed by atoms with van der Waals surface area (Å²) in [6, 6.07) is 0.798. The molecular weight excluding hydrogens is 236 g/mol. The van der Waals surface area contributed by atoms with Crippen molar-refractivity contribution in [2.75, 3.05) is 32.8 Å². The predicted molar refractivity (Wildman–Crippen MR) is 78.3 cm³/mol. The second-order valence-electron chi connectivity index (χ2n) is 6.93. The first-order valence-electron chi connectivity index (χ1n) is 8.33. The second-order valence-corrected chi connectivity index (χ2v) is 6.93. The molecule has 0 spiro atoms. The molecule has 1 aliphatic carbocycles. The third-order valence-corrected chi connectivity index (χ3v) is 5.70. The van der Waals surface area contributed by atoms with Crippen LogP contribution in [0.1, 0.15) is 46.0 Å². The standard InChI is InChI=1S/C16H30N2O/c1-3-16(4-2)12-18(10-13-7-8-19-11-13)15(9-17-16)14-5-6-14/h13-15,17H,3-12H2,1-2H3. The SMILES string of the molecule is CCC1(CC)CN(CC2CCOC2)C(C2CC2)CN1. The molecule has 19 heavy (non-hydrogen) atoms. The van der Waals surface area contributed by atoms with Gasteiger partial charge in [-0.2, -0.15) is 0 Å². The van der Waals surface area contributed by atoms with Gasteiger partial charge in [-0.05, 0) is 43.9 Å². The molecule has 2 aliphatic heterocycles. The van der Waals surface area contributed by atoms with Crippen LogP contribution in [0.4, 0.5) is 0 Å². The first-order chi connectivity index (χ1) is 9.26. The fourth-order valence-electron chi connectivity index (χ4n) is 3.94. The highest BCUT2D eigenvalue weighted by molar-refractivity contribution is 5.01. The number of piperazine rings is 1. The third-order valence-electron chi connectivity index (χ3n) is 5.70. The van der Waals surface area contributed by atoms with Crippen LogP contribution in [-0.2, 0) is 4.74 Å². The maximum atomic E-state index is 5.57. The van der Waals surface area contributed by atoms with Gasteiger partial charge in [0.1, 0.15) is 0 Å². The van der Waals surface area contributed by atoms with E-state index in [0.717, 1.165) is 31.1 Å². The molecule has 3 heteroatoms. The Kier molecular flexibility index (Phi) is 4.16. The minimum absolute atomic E-state index is 0.366. The van der Waals surface area contributed by atoms with E-state index in [2.05, 4.69) is 24.1 Å². The highest BCUT2D eigenvalue weighted by atomic mass is 16.5. The van der Waals surface area contributed by atoms with E-state index in [9.17, 15) is 0 Å². The van der Waals surface area contributed by atoms with Gasteiger partial charge < -0.3 is 10.1 Å². The summed E-state index contributed by atoms with van der Waals surface area (Å²) in [5, 5.41) is 3.89. The highest BCUT2D eigenvalue weighted by Crippen LogP contribution is 2.38. The molecule has 2 heterocycles. The quantitative estimate of drug-likeness (QED) is 0.826. The molecule has 1 N–H and O–H groups in total. The Labute approximate surface area is 118 Å². The molecule has 0 aromatic heterocycles. The number of rotatable bonds is 5. The molecule has 1 saturated carbocycles. The maximum absolute atomic E-state index is 5.57. The molecule has 3 aliphatic rings. The molecule has 110 valence electrons. The molecule has 0 bridgehead atoms. The summed E-state index contributed by atoms with van der Waals surface area (Å²) < 4.78 is 5.57. The Bertz CT molecular complexity index is 293. The lowest BCUT2D eigenvalue weighted by molar-refractivity contribution is 0.0468. The van der Waals surface area contributed by atoms with Crippen molar-refractivity contribution in [3.8, 4) is 0 Å². The van der Waals surface area contributed by atoms with Gasteiger partial charge in [-0.15, -0.1) is 0 Å². The Morgan fingerprint density at radius 1 is 1.21 bits per heavy atom. The summed E-state index contributed by atoms with van der Waals surface area (Å²) >= 11 is 0. The van der Waals surface area contributed by atoms with E-state index in [1.165, 1.54) is 51.7 Å². The third kappa shape index (κ3) is 2.98. The summed E-state index contributed by atoms with van der Waals surface area (Å²) in [4.78, 5) is 2.82. The molecule has 3 fully saturated rings. The zero-order chi connectivity index (χ0) is 13.3. The fraction of sp³-hybridized carbons (Fsp3) is 1.00. The minimum atomic E-state index is 0.366. The van der Waals surface area contributed by atoms with Gasteiger partial charge >= 0.3 is 0 Å². The molecule has 3 rings (SSSR count). The normalized spacial score (nSPS) is 35.7. The summed E-state index contributed by atoms with van der Waals surface area (Å²) in [5.41, 5.74) is 0.366. The van der Waals surface area contributed by atoms with Crippen molar-refractivity contribution < 1.29 is 4.74 Å². The van der Waals surface area contributed by atoms with E-state index in [-0.39, 0.29) is 0 Å². The van der Waals surface area contributed by atoms with Gasteiger partial charge in [0.25, 0.3) is 0 Å². The smallest absolute Gasteiger partial charge is 0.0507 e. The number of hydrogen-bond acceptors (Lipinski definition) is 3. The van der Waals surface area contributed by atoms with Crippen LogP contribution >= 0.6 is 0 Å². The molecule has 2 unspecified atom stereocenters. The first kappa shape index (κ1) is 13.8. The highest BCUT2D eigenvalue weighted by Gasteiger charge is 2.43. The largest absolute Gasteiger partial charge is 0.381 e. The van der Waals surface area contributed by atoms with Crippen LogP contribution in [0.2, 0.25) is 0 Å². The van der Waals surface area contributed by atoms with Crippen molar-refractivity contribution in [3.63, 3.8) is 0 Å². The minimum Gasteiger partial charge on any atom is -0.381 e. The summed E-state index contributed by atoms with van der Waals surface area (Å²) in [7, 11) is 0. The van der Waals surface area contributed by atoms with E-state index in [1.54, 1.807) is 0 Å². The van der Waals surface area contributed by atoms with E-state index in [4.69, 9.17) is 4.74 Å².